The SMILES string of the molecule is O=C(O)N[C@@H](CCSC(F)(F)F)C1CCc2ccccc21. The van der Waals surface area contributed by atoms with E-state index in [2.05, 4.69) is 5.32 Å². The van der Waals surface area contributed by atoms with Gasteiger partial charge in [-0.15, -0.1) is 0 Å². The molecule has 0 bridgehead atoms. The maximum absolute atomic E-state index is 12.2. The van der Waals surface area contributed by atoms with Gasteiger partial charge in [0.05, 0.1) is 0 Å². The second kappa shape index (κ2) is 6.60. The molecule has 2 rings (SSSR count). The van der Waals surface area contributed by atoms with Gasteiger partial charge in [0.15, 0.2) is 0 Å². The highest BCUT2D eigenvalue weighted by Crippen LogP contribution is 2.38. The number of nitrogens with one attached hydrogen (secondary N) is 1. The van der Waals surface area contributed by atoms with E-state index >= 15 is 0 Å². The molecule has 0 saturated heterocycles. The van der Waals surface area contributed by atoms with Gasteiger partial charge < -0.3 is 10.4 Å². The summed E-state index contributed by atoms with van der Waals surface area (Å²) in [5.41, 5.74) is -2.07. The number of hydrogen-bond donors (Lipinski definition) is 2. The lowest BCUT2D eigenvalue weighted by atomic mass is 9.91. The van der Waals surface area contributed by atoms with E-state index in [0.29, 0.717) is 0 Å². The fourth-order valence-corrected chi connectivity index (χ4v) is 3.45. The second-order valence-electron chi connectivity index (χ2n) is 4.98. The first-order valence-electron chi connectivity index (χ1n) is 6.65. The molecule has 0 radical (unpaired) electrons. The number of alkyl halides is 3. The minimum Gasteiger partial charge on any atom is -0.465 e. The van der Waals surface area contributed by atoms with Crippen molar-refractivity contribution in [2.24, 2.45) is 0 Å². The summed E-state index contributed by atoms with van der Waals surface area (Å²) in [6.45, 7) is 0. The average Bonchev–Trinajstić information content (AvgIpc) is 2.79. The number of aryl methyl sites for hydroxylation is 1. The lowest BCUT2D eigenvalue weighted by Crippen LogP contribution is -2.38. The van der Waals surface area contributed by atoms with E-state index in [-0.39, 0.29) is 29.9 Å². The van der Waals surface area contributed by atoms with E-state index in [1.165, 1.54) is 0 Å². The van der Waals surface area contributed by atoms with Gasteiger partial charge in [0, 0.05) is 17.7 Å². The zero-order valence-corrected chi connectivity index (χ0v) is 12.0. The Bertz CT molecular complexity index is 507. The topological polar surface area (TPSA) is 49.3 Å². The molecule has 2 N–H and O–H groups in total. The normalized spacial score (nSPS) is 19.1. The number of benzene rings is 1. The van der Waals surface area contributed by atoms with E-state index < -0.39 is 17.6 Å². The van der Waals surface area contributed by atoms with Gasteiger partial charge in [0.25, 0.3) is 0 Å². The molecule has 3 nitrogen and oxygen atoms in total. The van der Waals surface area contributed by atoms with Crippen molar-refractivity contribution in [3.63, 3.8) is 0 Å². The third kappa shape index (κ3) is 4.56. The fraction of sp³-hybridized carbons (Fsp3) is 0.500. The molecule has 1 unspecified atom stereocenters. The number of carboxylic acid groups (broad SMARTS) is 1. The standard InChI is InChI=1S/C14H16F3NO2S/c15-14(16,17)21-8-7-12(18-13(19)20)11-6-5-9-3-1-2-4-10(9)11/h1-4,11-12,18H,5-8H2,(H,19,20)/t11?,12-/m0/s1. The summed E-state index contributed by atoms with van der Waals surface area (Å²) in [5, 5.41) is 11.3. The number of amides is 1. The van der Waals surface area contributed by atoms with Gasteiger partial charge in [-0.3, -0.25) is 0 Å². The third-order valence-corrected chi connectivity index (χ3v) is 4.44. The summed E-state index contributed by atoms with van der Waals surface area (Å²) < 4.78 is 36.6. The highest BCUT2D eigenvalue weighted by Gasteiger charge is 2.33. The molecular formula is C14H16F3NO2S. The number of carbonyl (C=O) groups is 1. The van der Waals surface area contributed by atoms with Crippen LogP contribution in [0, 0.1) is 0 Å². The molecule has 0 saturated carbocycles. The summed E-state index contributed by atoms with van der Waals surface area (Å²) >= 11 is -0.104. The minimum atomic E-state index is -4.28. The Hall–Kier alpha value is -1.37. The van der Waals surface area contributed by atoms with Gasteiger partial charge in [-0.1, -0.05) is 36.0 Å². The van der Waals surface area contributed by atoms with Crippen molar-refractivity contribution in [3.8, 4) is 0 Å². The van der Waals surface area contributed by atoms with Crippen LogP contribution in [0.1, 0.15) is 29.9 Å². The molecule has 0 fully saturated rings. The van der Waals surface area contributed by atoms with Crippen LogP contribution < -0.4 is 5.32 Å². The van der Waals surface area contributed by atoms with Gasteiger partial charge in [0.1, 0.15) is 0 Å². The summed E-state index contributed by atoms with van der Waals surface area (Å²) in [4.78, 5) is 10.9. The molecule has 1 amide bonds. The summed E-state index contributed by atoms with van der Waals surface area (Å²) in [7, 11) is 0. The largest absolute Gasteiger partial charge is 0.465 e. The van der Waals surface area contributed by atoms with Gasteiger partial charge in [-0.2, -0.15) is 13.2 Å². The first-order valence-corrected chi connectivity index (χ1v) is 7.63. The molecule has 0 aliphatic heterocycles. The molecular weight excluding hydrogens is 303 g/mol. The zero-order valence-electron chi connectivity index (χ0n) is 11.2. The first-order chi connectivity index (χ1) is 9.87. The molecule has 0 spiro atoms. The minimum absolute atomic E-state index is 0.0499. The summed E-state index contributed by atoms with van der Waals surface area (Å²) in [6, 6.07) is 7.22. The Morgan fingerprint density at radius 2 is 2.14 bits per heavy atom. The maximum Gasteiger partial charge on any atom is 0.441 e. The van der Waals surface area contributed by atoms with Crippen molar-refractivity contribution in [2.45, 2.75) is 36.7 Å². The highest BCUT2D eigenvalue weighted by atomic mass is 32.2. The van der Waals surface area contributed by atoms with Gasteiger partial charge >= 0.3 is 11.6 Å². The molecule has 7 heteroatoms. The number of rotatable bonds is 5. The van der Waals surface area contributed by atoms with Crippen LogP contribution in [0.2, 0.25) is 0 Å². The number of hydrogen-bond acceptors (Lipinski definition) is 2. The van der Waals surface area contributed by atoms with Crippen LogP contribution in [0.4, 0.5) is 18.0 Å². The fourth-order valence-electron chi connectivity index (χ4n) is 2.84. The van der Waals surface area contributed by atoms with E-state index in [9.17, 15) is 18.0 Å². The predicted molar refractivity (Wildman–Crippen MR) is 75.6 cm³/mol. The molecule has 0 heterocycles. The summed E-state index contributed by atoms with van der Waals surface area (Å²) in [6.07, 6.45) is 0.572. The van der Waals surface area contributed by atoms with Gasteiger partial charge in [-0.25, -0.2) is 4.79 Å². The molecule has 1 aromatic rings. The molecule has 1 aliphatic carbocycles. The lowest BCUT2D eigenvalue weighted by molar-refractivity contribution is -0.0328. The van der Waals surface area contributed by atoms with Crippen LogP contribution in [0.15, 0.2) is 24.3 Å². The molecule has 2 atom stereocenters. The van der Waals surface area contributed by atoms with Crippen molar-refractivity contribution >= 4 is 17.9 Å². The Morgan fingerprint density at radius 3 is 2.81 bits per heavy atom. The quantitative estimate of drug-likeness (QED) is 0.862. The molecule has 1 aromatic carbocycles. The summed E-state index contributed by atoms with van der Waals surface area (Å²) in [5.74, 6) is -0.196. The Kier molecular flexibility index (Phi) is 5.03. The molecule has 0 aromatic heterocycles. The Balaban J connectivity index is 2.05. The van der Waals surface area contributed by atoms with Crippen LogP contribution in [-0.2, 0) is 6.42 Å². The van der Waals surface area contributed by atoms with E-state index in [1.54, 1.807) is 0 Å². The second-order valence-corrected chi connectivity index (χ2v) is 6.14. The van der Waals surface area contributed by atoms with Crippen molar-refractivity contribution in [2.75, 3.05) is 5.75 Å². The van der Waals surface area contributed by atoms with Crippen LogP contribution in [0.3, 0.4) is 0 Å². The monoisotopic (exact) mass is 319 g/mol. The van der Waals surface area contributed by atoms with Crippen molar-refractivity contribution < 1.29 is 23.1 Å². The van der Waals surface area contributed by atoms with Crippen molar-refractivity contribution in [3.05, 3.63) is 35.4 Å². The number of thioether (sulfide) groups is 1. The van der Waals surface area contributed by atoms with Crippen LogP contribution in [0.25, 0.3) is 0 Å². The zero-order chi connectivity index (χ0) is 15.5. The predicted octanol–water partition coefficient (Wildman–Crippen LogP) is 4.00. The average molecular weight is 319 g/mol. The molecule has 116 valence electrons. The molecule has 21 heavy (non-hydrogen) atoms. The van der Waals surface area contributed by atoms with E-state index in [4.69, 9.17) is 5.11 Å². The van der Waals surface area contributed by atoms with Crippen molar-refractivity contribution in [1.29, 1.82) is 0 Å². The van der Waals surface area contributed by atoms with Gasteiger partial charge in [-0.05, 0) is 30.4 Å². The first kappa shape index (κ1) is 16.0. The Morgan fingerprint density at radius 1 is 1.43 bits per heavy atom. The number of fused-ring (bicyclic) bond motifs is 1. The highest BCUT2D eigenvalue weighted by molar-refractivity contribution is 8.00. The van der Waals surface area contributed by atoms with Crippen LogP contribution in [0.5, 0.6) is 0 Å². The van der Waals surface area contributed by atoms with Gasteiger partial charge in [0.2, 0.25) is 0 Å². The number of halogens is 3. The smallest absolute Gasteiger partial charge is 0.441 e. The van der Waals surface area contributed by atoms with E-state index in [0.717, 1.165) is 24.0 Å². The van der Waals surface area contributed by atoms with E-state index in [1.807, 2.05) is 24.3 Å². The van der Waals surface area contributed by atoms with Crippen molar-refractivity contribution in [1.82, 2.24) is 5.32 Å². The lowest BCUT2D eigenvalue weighted by Gasteiger charge is -2.24. The van der Waals surface area contributed by atoms with Crippen LogP contribution in [-0.4, -0.2) is 28.5 Å². The van der Waals surface area contributed by atoms with Crippen LogP contribution >= 0.6 is 11.8 Å². The maximum atomic E-state index is 12.2. The molecule has 1 aliphatic rings. The Labute approximate surface area is 124 Å². The third-order valence-electron chi connectivity index (χ3n) is 3.67.